The van der Waals surface area contributed by atoms with E-state index in [0.29, 0.717) is 4.90 Å². The first kappa shape index (κ1) is 16.0. The van der Waals surface area contributed by atoms with E-state index in [1.807, 2.05) is 12.1 Å². The summed E-state index contributed by atoms with van der Waals surface area (Å²) in [5.41, 5.74) is 1.41. The molecule has 0 saturated carbocycles. The first-order valence-corrected chi connectivity index (χ1v) is 8.01. The third-order valence-electron chi connectivity index (χ3n) is 3.16. The predicted molar refractivity (Wildman–Crippen MR) is 80.9 cm³/mol. The van der Waals surface area contributed by atoms with Crippen molar-refractivity contribution in [3.05, 3.63) is 41.8 Å². The molecule has 0 aliphatic heterocycles. The van der Waals surface area contributed by atoms with Crippen LogP contribution in [0.25, 0.3) is 0 Å². The molecule has 0 atom stereocenters. The van der Waals surface area contributed by atoms with Gasteiger partial charge in [0.2, 0.25) is 0 Å². The van der Waals surface area contributed by atoms with Crippen molar-refractivity contribution in [2.75, 3.05) is 0 Å². The van der Waals surface area contributed by atoms with Gasteiger partial charge in [-0.25, -0.2) is 8.42 Å². The molecular formula is C16H24O2S. The highest BCUT2D eigenvalue weighted by molar-refractivity contribution is 7.94. The van der Waals surface area contributed by atoms with Gasteiger partial charge in [0.05, 0.1) is 4.90 Å². The van der Waals surface area contributed by atoms with E-state index in [1.54, 1.807) is 12.1 Å². The van der Waals surface area contributed by atoms with Gasteiger partial charge < -0.3 is 0 Å². The zero-order valence-electron chi connectivity index (χ0n) is 12.5. The van der Waals surface area contributed by atoms with Crippen molar-refractivity contribution in [2.24, 2.45) is 5.41 Å². The van der Waals surface area contributed by atoms with Gasteiger partial charge >= 0.3 is 0 Å². The molecule has 0 bridgehead atoms. The molecule has 19 heavy (non-hydrogen) atoms. The van der Waals surface area contributed by atoms with Crippen LogP contribution < -0.4 is 0 Å². The minimum absolute atomic E-state index is 0.0225. The largest absolute Gasteiger partial charge is 0.219 e. The van der Waals surface area contributed by atoms with Crippen LogP contribution in [0.5, 0.6) is 0 Å². The Kier molecular flexibility index (Phi) is 4.30. The fourth-order valence-corrected chi connectivity index (χ4v) is 3.33. The van der Waals surface area contributed by atoms with Gasteiger partial charge in [-0.3, -0.25) is 0 Å². The summed E-state index contributed by atoms with van der Waals surface area (Å²) in [7, 11) is -3.33. The molecule has 0 aliphatic rings. The molecule has 2 nitrogen and oxygen atoms in total. The van der Waals surface area contributed by atoms with Gasteiger partial charge in [0.25, 0.3) is 0 Å². The fourth-order valence-electron chi connectivity index (χ4n) is 2.62. The maximum atomic E-state index is 11.7. The predicted octanol–water partition coefficient (Wildman–Crippen LogP) is 4.32. The molecule has 0 radical (unpaired) electrons. The van der Waals surface area contributed by atoms with Gasteiger partial charge in [-0.05, 0) is 34.9 Å². The SMILES string of the molecule is C=CS(=O)(=O)c1ccc(C(C)(C)CC(C)(C)C)cc1. The van der Waals surface area contributed by atoms with E-state index in [-0.39, 0.29) is 10.8 Å². The fraction of sp³-hybridized carbons (Fsp3) is 0.500. The quantitative estimate of drug-likeness (QED) is 0.823. The van der Waals surface area contributed by atoms with Gasteiger partial charge in [0.1, 0.15) is 0 Å². The second kappa shape index (κ2) is 5.12. The van der Waals surface area contributed by atoms with E-state index in [2.05, 4.69) is 41.2 Å². The Morgan fingerprint density at radius 1 is 1.05 bits per heavy atom. The molecule has 0 N–H and O–H groups in total. The highest BCUT2D eigenvalue weighted by atomic mass is 32.2. The van der Waals surface area contributed by atoms with Gasteiger partial charge in [-0.2, -0.15) is 0 Å². The lowest BCUT2D eigenvalue weighted by Gasteiger charge is -2.33. The molecular weight excluding hydrogens is 256 g/mol. The van der Waals surface area contributed by atoms with Crippen LogP contribution in [0.4, 0.5) is 0 Å². The topological polar surface area (TPSA) is 34.1 Å². The van der Waals surface area contributed by atoms with Gasteiger partial charge in [-0.15, -0.1) is 0 Å². The summed E-state index contributed by atoms with van der Waals surface area (Å²) in [6.07, 6.45) is 1.04. The second-order valence-corrected chi connectivity index (χ2v) is 8.75. The van der Waals surface area contributed by atoms with Crippen molar-refractivity contribution < 1.29 is 8.42 Å². The van der Waals surface area contributed by atoms with Crippen molar-refractivity contribution in [1.29, 1.82) is 0 Å². The summed E-state index contributed by atoms with van der Waals surface area (Å²) in [6.45, 7) is 14.4. The summed E-state index contributed by atoms with van der Waals surface area (Å²) in [6, 6.07) is 7.14. The van der Waals surface area contributed by atoms with E-state index in [4.69, 9.17) is 0 Å². The average Bonchev–Trinajstić information content (AvgIpc) is 2.26. The zero-order valence-corrected chi connectivity index (χ0v) is 13.3. The Bertz CT molecular complexity index is 543. The molecule has 0 aromatic heterocycles. The molecule has 106 valence electrons. The lowest BCUT2D eigenvalue weighted by molar-refractivity contribution is 0.284. The van der Waals surface area contributed by atoms with Gasteiger partial charge in [-0.1, -0.05) is 53.3 Å². The minimum atomic E-state index is -3.33. The number of rotatable bonds is 4. The third kappa shape index (κ3) is 4.20. The Hall–Kier alpha value is -1.09. The molecule has 0 saturated heterocycles. The Morgan fingerprint density at radius 2 is 1.53 bits per heavy atom. The number of hydrogen-bond acceptors (Lipinski definition) is 2. The summed E-state index contributed by atoms with van der Waals surface area (Å²) >= 11 is 0. The molecule has 0 heterocycles. The average molecular weight is 280 g/mol. The summed E-state index contributed by atoms with van der Waals surface area (Å²) < 4.78 is 23.3. The first-order chi connectivity index (χ1) is 8.48. The Morgan fingerprint density at radius 3 is 1.89 bits per heavy atom. The Balaban J connectivity index is 3.09. The van der Waals surface area contributed by atoms with Gasteiger partial charge in [0.15, 0.2) is 9.84 Å². The third-order valence-corrected chi connectivity index (χ3v) is 4.52. The van der Waals surface area contributed by atoms with Crippen LogP contribution in [0.1, 0.15) is 46.6 Å². The number of sulfone groups is 1. The van der Waals surface area contributed by atoms with Crippen molar-refractivity contribution in [3.63, 3.8) is 0 Å². The smallest absolute Gasteiger partial charge is 0.199 e. The lowest BCUT2D eigenvalue weighted by Crippen LogP contribution is -2.24. The van der Waals surface area contributed by atoms with Crippen LogP contribution in [0, 0.1) is 5.41 Å². The number of benzene rings is 1. The lowest BCUT2D eigenvalue weighted by atomic mass is 9.72. The van der Waals surface area contributed by atoms with Crippen LogP contribution in [-0.4, -0.2) is 8.42 Å². The van der Waals surface area contributed by atoms with Crippen molar-refractivity contribution >= 4 is 9.84 Å². The summed E-state index contributed by atoms with van der Waals surface area (Å²) in [5.74, 6) is 0. The van der Waals surface area contributed by atoms with E-state index in [1.165, 1.54) is 0 Å². The molecule has 0 fully saturated rings. The van der Waals surface area contributed by atoms with Crippen molar-refractivity contribution in [1.82, 2.24) is 0 Å². The molecule has 0 aliphatic carbocycles. The molecule has 1 aromatic rings. The molecule has 0 unspecified atom stereocenters. The monoisotopic (exact) mass is 280 g/mol. The molecule has 1 rings (SSSR count). The molecule has 0 spiro atoms. The highest BCUT2D eigenvalue weighted by Crippen LogP contribution is 2.36. The maximum Gasteiger partial charge on any atom is 0.199 e. The molecule has 1 aromatic carbocycles. The summed E-state index contributed by atoms with van der Waals surface area (Å²) in [4.78, 5) is 0.304. The van der Waals surface area contributed by atoms with E-state index in [9.17, 15) is 8.42 Å². The maximum absolute atomic E-state index is 11.7. The summed E-state index contributed by atoms with van der Waals surface area (Å²) in [5, 5.41) is 0.988. The standard InChI is InChI=1S/C16H24O2S/c1-7-19(17,18)14-10-8-13(9-11-14)16(5,6)12-15(2,3)4/h7-11H,1,12H2,2-6H3. The molecule has 3 heteroatoms. The van der Waals surface area contributed by atoms with Crippen LogP contribution in [0.15, 0.2) is 41.1 Å². The van der Waals surface area contributed by atoms with Crippen LogP contribution in [0.3, 0.4) is 0 Å². The van der Waals surface area contributed by atoms with E-state index < -0.39 is 9.84 Å². The molecule has 0 amide bonds. The Labute approximate surface area is 117 Å². The van der Waals surface area contributed by atoms with Crippen molar-refractivity contribution in [2.45, 2.75) is 51.3 Å². The van der Waals surface area contributed by atoms with Crippen LogP contribution >= 0.6 is 0 Å². The van der Waals surface area contributed by atoms with Gasteiger partial charge in [0, 0.05) is 5.41 Å². The first-order valence-electron chi connectivity index (χ1n) is 6.46. The van der Waals surface area contributed by atoms with E-state index in [0.717, 1.165) is 17.4 Å². The van der Waals surface area contributed by atoms with Crippen LogP contribution in [0.2, 0.25) is 0 Å². The van der Waals surface area contributed by atoms with Crippen LogP contribution in [-0.2, 0) is 15.3 Å². The van der Waals surface area contributed by atoms with E-state index >= 15 is 0 Å². The minimum Gasteiger partial charge on any atom is -0.219 e. The second-order valence-electron chi connectivity index (χ2n) is 6.86. The number of hydrogen-bond donors (Lipinski definition) is 0. The highest BCUT2D eigenvalue weighted by Gasteiger charge is 2.27. The van der Waals surface area contributed by atoms with Crippen molar-refractivity contribution in [3.8, 4) is 0 Å². The normalized spacial score (nSPS) is 13.3. The zero-order chi connectivity index (χ0) is 14.9.